The zero-order valence-electron chi connectivity index (χ0n) is 21.1. The number of nitriles is 1. The average Bonchev–Trinajstić information content (AvgIpc) is 2.85. The Hall–Kier alpha value is -3.15. The van der Waals surface area contributed by atoms with Crippen molar-refractivity contribution in [1.29, 1.82) is 5.26 Å². The van der Waals surface area contributed by atoms with Gasteiger partial charge in [-0.1, -0.05) is 44.5 Å². The number of sulfone groups is 1. The van der Waals surface area contributed by atoms with Crippen LogP contribution in [-0.4, -0.2) is 31.2 Å². The molecule has 1 heterocycles. The Balaban J connectivity index is 1.76. The Morgan fingerprint density at radius 2 is 1.81 bits per heavy atom. The normalized spacial score (nSPS) is 12.6. The third-order valence-corrected chi connectivity index (χ3v) is 7.81. The lowest BCUT2D eigenvalue weighted by molar-refractivity contribution is 0.300. The number of aromatic nitrogens is 2. The van der Waals surface area contributed by atoms with Gasteiger partial charge in [-0.2, -0.15) is 5.26 Å². The minimum atomic E-state index is -3.29. The van der Waals surface area contributed by atoms with Crippen LogP contribution in [0, 0.1) is 11.3 Å². The van der Waals surface area contributed by atoms with Crippen LogP contribution in [0.25, 0.3) is 0 Å². The summed E-state index contributed by atoms with van der Waals surface area (Å²) in [7, 11) is -3.29. The molecule has 3 rings (SSSR count). The van der Waals surface area contributed by atoms with E-state index in [4.69, 9.17) is 21.1 Å². The summed E-state index contributed by atoms with van der Waals surface area (Å²) in [6, 6.07) is 15.2. The molecular formula is C27H30ClN3O4S. The molecule has 0 aliphatic rings. The van der Waals surface area contributed by atoms with Gasteiger partial charge in [0.25, 0.3) is 0 Å². The van der Waals surface area contributed by atoms with E-state index in [1.165, 1.54) is 6.20 Å². The average molecular weight is 528 g/mol. The Kier molecular flexibility index (Phi) is 8.59. The second-order valence-corrected chi connectivity index (χ2v) is 11.9. The van der Waals surface area contributed by atoms with Gasteiger partial charge in [0.1, 0.15) is 29.5 Å². The molecule has 0 radical (unpaired) electrons. The van der Waals surface area contributed by atoms with Crippen molar-refractivity contribution < 1.29 is 17.9 Å². The van der Waals surface area contributed by atoms with Gasteiger partial charge in [0.2, 0.25) is 0 Å². The van der Waals surface area contributed by atoms with Gasteiger partial charge in [-0.25, -0.2) is 18.4 Å². The summed E-state index contributed by atoms with van der Waals surface area (Å²) < 4.78 is 35.2. The molecule has 0 amide bonds. The monoisotopic (exact) mass is 527 g/mol. The molecule has 0 fully saturated rings. The van der Waals surface area contributed by atoms with Crippen molar-refractivity contribution in [3.05, 3.63) is 81.9 Å². The molecule has 3 aromatic rings. The summed E-state index contributed by atoms with van der Waals surface area (Å²) in [6.07, 6.45) is 3.52. The number of halogens is 1. The van der Waals surface area contributed by atoms with Crippen LogP contribution >= 0.6 is 11.6 Å². The van der Waals surface area contributed by atoms with E-state index in [-0.39, 0.29) is 12.4 Å². The highest BCUT2D eigenvalue weighted by Crippen LogP contribution is 2.38. The summed E-state index contributed by atoms with van der Waals surface area (Å²) in [4.78, 5) is 8.42. The van der Waals surface area contributed by atoms with E-state index in [9.17, 15) is 13.7 Å². The summed E-state index contributed by atoms with van der Waals surface area (Å²) in [6.45, 7) is 8.35. The second kappa shape index (κ2) is 11.3. The van der Waals surface area contributed by atoms with Gasteiger partial charge in [0, 0.05) is 17.9 Å². The van der Waals surface area contributed by atoms with E-state index in [0.717, 1.165) is 23.8 Å². The SMILES string of the molecule is CCCOc1c(Cl)cc(C(C)(C)c2ccc(OCc3ccnc(C(C)S(C)(=O)=O)n3)cc2)cc1C#N. The van der Waals surface area contributed by atoms with E-state index in [2.05, 4.69) is 29.9 Å². The summed E-state index contributed by atoms with van der Waals surface area (Å²) in [5.41, 5.74) is 2.48. The van der Waals surface area contributed by atoms with Crippen molar-refractivity contribution in [2.45, 2.75) is 51.4 Å². The lowest BCUT2D eigenvalue weighted by atomic mass is 9.77. The van der Waals surface area contributed by atoms with Crippen LogP contribution in [0.1, 0.15) is 67.6 Å². The van der Waals surface area contributed by atoms with Crippen LogP contribution in [0.15, 0.2) is 48.7 Å². The highest BCUT2D eigenvalue weighted by Gasteiger charge is 2.26. The molecule has 1 atom stereocenters. The molecule has 0 bridgehead atoms. The number of nitrogens with zero attached hydrogens (tertiary/aromatic N) is 3. The van der Waals surface area contributed by atoms with Crippen LogP contribution in [0.2, 0.25) is 5.02 Å². The van der Waals surface area contributed by atoms with Crippen LogP contribution in [0.3, 0.4) is 0 Å². The van der Waals surface area contributed by atoms with E-state index in [1.54, 1.807) is 13.0 Å². The van der Waals surface area contributed by atoms with E-state index >= 15 is 0 Å². The number of benzene rings is 2. The Morgan fingerprint density at radius 3 is 2.42 bits per heavy atom. The van der Waals surface area contributed by atoms with Crippen molar-refractivity contribution in [2.24, 2.45) is 0 Å². The molecule has 0 aliphatic carbocycles. The van der Waals surface area contributed by atoms with Gasteiger partial charge < -0.3 is 9.47 Å². The fourth-order valence-corrected chi connectivity index (χ4v) is 4.33. The van der Waals surface area contributed by atoms with Crippen molar-refractivity contribution in [3.63, 3.8) is 0 Å². The van der Waals surface area contributed by atoms with Crippen LogP contribution in [0.4, 0.5) is 0 Å². The summed E-state index contributed by atoms with van der Waals surface area (Å²) in [5.74, 6) is 1.31. The Labute approximate surface area is 218 Å². The number of ether oxygens (including phenoxy) is 2. The third kappa shape index (κ3) is 6.34. The lowest BCUT2D eigenvalue weighted by Crippen LogP contribution is -2.19. The molecule has 0 N–H and O–H groups in total. The first-order chi connectivity index (χ1) is 17.0. The van der Waals surface area contributed by atoms with Gasteiger partial charge >= 0.3 is 0 Å². The smallest absolute Gasteiger partial charge is 0.157 e. The van der Waals surface area contributed by atoms with Crippen molar-refractivity contribution in [2.75, 3.05) is 12.9 Å². The van der Waals surface area contributed by atoms with Crippen molar-refractivity contribution in [1.82, 2.24) is 9.97 Å². The molecule has 2 aromatic carbocycles. The first kappa shape index (κ1) is 27.4. The van der Waals surface area contributed by atoms with E-state index in [0.29, 0.717) is 34.4 Å². The highest BCUT2D eigenvalue weighted by molar-refractivity contribution is 7.90. The van der Waals surface area contributed by atoms with E-state index < -0.39 is 20.5 Å². The third-order valence-electron chi connectivity index (χ3n) is 6.04. The molecule has 0 saturated heterocycles. The molecule has 9 heteroatoms. The highest BCUT2D eigenvalue weighted by atomic mass is 35.5. The molecule has 7 nitrogen and oxygen atoms in total. The quantitative estimate of drug-likeness (QED) is 0.328. The fourth-order valence-electron chi connectivity index (χ4n) is 3.56. The first-order valence-corrected chi connectivity index (χ1v) is 13.9. The molecular weight excluding hydrogens is 498 g/mol. The lowest BCUT2D eigenvalue weighted by Gasteiger charge is -2.27. The predicted molar refractivity (Wildman–Crippen MR) is 140 cm³/mol. The molecule has 0 spiro atoms. The predicted octanol–water partition coefficient (Wildman–Crippen LogP) is 5.80. The van der Waals surface area contributed by atoms with Crippen LogP contribution in [-0.2, 0) is 21.9 Å². The number of hydrogen-bond donors (Lipinski definition) is 0. The maximum atomic E-state index is 11.8. The molecule has 0 saturated carbocycles. The minimum Gasteiger partial charge on any atom is -0.491 e. The number of rotatable bonds is 10. The second-order valence-electron chi connectivity index (χ2n) is 9.11. The van der Waals surface area contributed by atoms with Gasteiger partial charge in [-0.05, 0) is 54.8 Å². The van der Waals surface area contributed by atoms with Gasteiger partial charge in [-0.15, -0.1) is 0 Å². The van der Waals surface area contributed by atoms with Crippen LogP contribution < -0.4 is 9.47 Å². The van der Waals surface area contributed by atoms with E-state index in [1.807, 2.05) is 43.3 Å². The standard InChI is InChI=1S/C27H30ClN3O4S/c1-6-13-34-25-19(16-29)14-21(15-24(25)28)27(3,4)20-7-9-23(10-8-20)35-17-22-11-12-30-26(31-22)18(2)36(5,32)33/h7-12,14-15,18H,6,13,17H2,1-5H3. The summed E-state index contributed by atoms with van der Waals surface area (Å²) in [5, 5.41) is 9.26. The fraction of sp³-hybridized carbons (Fsp3) is 0.370. The topological polar surface area (TPSA) is 102 Å². The number of hydrogen-bond acceptors (Lipinski definition) is 7. The summed E-state index contributed by atoms with van der Waals surface area (Å²) >= 11 is 6.48. The molecule has 36 heavy (non-hydrogen) atoms. The van der Waals surface area contributed by atoms with Gasteiger partial charge in [0.05, 0.1) is 22.9 Å². The molecule has 190 valence electrons. The minimum absolute atomic E-state index is 0.176. The zero-order valence-corrected chi connectivity index (χ0v) is 22.7. The first-order valence-electron chi connectivity index (χ1n) is 11.6. The Morgan fingerprint density at radius 1 is 1.11 bits per heavy atom. The van der Waals surface area contributed by atoms with Crippen molar-refractivity contribution in [3.8, 4) is 17.6 Å². The molecule has 0 aliphatic heterocycles. The van der Waals surface area contributed by atoms with Crippen molar-refractivity contribution >= 4 is 21.4 Å². The maximum absolute atomic E-state index is 11.8. The molecule has 1 aromatic heterocycles. The zero-order chi connectivity index (χ0) is 26.5. The largest absolute Gasteiger partial charge is 0.491 e. The van der Waals surface area contributed by atoms with Gasteiger partial charge in [-0.3, -0.25) is 0 Å². The molecule has 1 unspecified atom stereocenters. The van der Waals surface area contributed by atoms with Gasteiger partial charge in [0.15, 0.2) is 15.6 Å². The maximum Gasteiger partial charge on any atom is 0.157 e. The van der Waals surface area contributed by atoms with Crippen LogP contribution in [0.5, 0.6) is 11.5 Å². The Bertz CT molecular complexity index is 1370.